The second-order valence-electron chi connectivity index (χ2n) is 6.12. The van der Waals surface area contributed by atoms with E-state index in [1.54, 1.807) is 23.3 Å². The van der Waals surface area contributed by atoms with E-state index in [-0.39, 0.29) is 5.91 Å². The highest BCUT2D eigenvalue weighted by atomic mass is 16.3. The minimum Gasteiger partial charge on any atom is -0.460 e. The number of carbonyl (C=O) groups excluding carboxylic acids is 1. The van der Waals surface area contributed by atoms with Crippen molar-refractivity contribution in [2.75, 3.05) is 0 Å². The maximum absolute atomic E-state index is 12.8. The lowest BCUT2D eigenvalue weighted by molar-refractivity contribution is 0.0951. The Morgan fingerprint density at radius 2 is 1.85 bits per heavy atom. The lowest BCUT2D eigenvalue weighted by Gasteiger charge is -2.04. The van der Waals surface area contributed by atoms with E-state index >= 15 is 0 Å². The Kier molecular flexibility index (Phi) is 4.53. The maximum atomic E-state index is 12.8. The monoisotopic (exact) mass is 358 g/mol. The summed E-state index contributed by atoms with van der Waals surface area (Å²) in [6.45, 7) is 2.27. The number of amides is 1. The molecule has 1 aromatic carbocycles. The SMILES string of the molecule is Cc1ccc(-c2nn(-c3ccccc3)cc2C(=O)NCc2ccncc2)o1. The van der Waals surface area contributed by atoms with Crippen molar-refractivity contribution in [3.05, 3.63) is 90.1 Å². The van der Waals surface area contributed by atoms with Gasteiger partial charge in [-0.1, -0.05) is 18.2 Å². The average Bonchev–Trinajstić information content (AvgIpc) is 3.34. The van der Waals surface area contributed by atoms with Crippen molar-refractivity contribution in [3.63, 3.8) is 0 Å². The predicted molar refractivity (Wildman–Crippen MR) is 101 cm³/mol. The quantitative estimate of drug-likeness (QED) is 0.589. The highest BCUT2D eigenvalue weighted by Crippen LogP contribution is 2.25. The minimum atomic E-state index is -0.210. The van der Waals surface area contributed by atoms with Gasteiger partial charge in [0.2, 0.25) is 0 Å². The molecule has 0 fully saturated rings. The average molecular weight is 358 g/mol. The number of nitrogens with one attached hydrogen (secondary N) is 1. The highest BCUT2D eigenvalue weighted by Gasteiger charge is 2.20. The third-order valence-corrected chi connectivity index (χ3v) is 4.16. The Morgan fingerprint density at radius 1 is 1.07 bits per heavy atom. The summed E-state index contributed by atoms with van der Waals surface area (Å²) in [5.74, 6) is 1.12. The number of nitrogens with zero attached hydrogens (tertiary/aromatic N) is 3. The molecule has 0 bridgehead atoms. The third-order valence-electron chi connectivity index (χ3n) is 4.16. The number of aromatic nitrogens is 3. The number of pyridine rings is 1. The van der Waals surface area contributed by atoms with Crippen molar-refractivity contribution < 1.29 is 9.21 Å². The topological polar surface area (TPSA) is 73.0 Å². The fraction of sp³-hybridized carbons (Fsp3) is 0.0952. The second kappa shape index (κ2) is 7.29. The smallest absolute Gasteiger partial charge is 0.255 e. The normalized spacial score (nSPS) is 10.7. The summed E-state index contributed by atoms with van der Waals surface area (Å²) in [5, 5.41) is 7.53. The van der Waals surface area contributed by atoms with E-state index in [4.69, 9.17) is 4.42 Å². The van der Waals surface area contributed by atoms with E-state index in [9.17, 15) is 4.79 Å². The van der Waals surface area contributed by atoms with Gasteiger partial charge < -0.3 is 9.73 Å². The van der Waals surface area contributed by atoms with Gasteiger partial charge in [-0.3, -0.25) is 9.78 Å². The number of rotatable bonds is 5. The molecule has 0 atom stereocenters. The molecule has 0 unspecified atom stereocenters. The molecule has 134 valence electrons. The zero-order valence-corrected chi connectivity index (χ0v) is 14.8. The second-order valence-corrected chi connectivity index (χ2v) is 6.12. The number of carbonyl (C=O) groups is 1. The predicted octanol–water partition coefficient (Wildman–Crippen LogP) is 3.77. The lowest BCUT2D eigenvalue weighted by atomic mass is 10.2. The molecule has 0 aliphatic heterocycles. The summed E-state index contributed by atoms with van der Waals surface area (Å²) < 4.78 is 7.40. The zero-order valence-electron chi connectivity index (χ0n) is 14.8. The Bertz CT molecular complexity index is 1050. The lowest BCUT2D eigenvalue weighted by Crippen LogP contribution is -2.23. The van der Waals surface area contributed by atoms with Crippen LogP contribution in [0.25, 0.3) is 17.1 Å². The van der Waals surface area contributed by atoms with Gasteiger partial charge in [0.15, 0.2) is 5.76 Å². The molecule has 3 aromatic heterocycles. The van der Waals surface area contributed by atoms with Gasteiger partial charge in [0.05, 0.1) is 11.3 Å². The Hall–Kier alpha value is -3.67. The molecule has 0 spiro atoms. The number of hydrogen-bond acceptors (Lipinski definition) is 4. The van der Waals surface area contributed by atoms with E-state index < -0.39 is 0 Å². The van der Waals surface area contributed by atoms with Crippen LogP contribution in [0.1, 0.15) is 21.7 Å². The number of furan rings is 1. The Labute approximate surface area is 156 Å². The van der Waals surface area contributed by atoms with Crippen LogP contribution in [0.4, 0.5) is 0 Å². The fourth-order valence-corrected chi connectivity index (χ4v) is 2.78. The van der Waals surface area contributed by atoms with Gasteiger partial charge in [0.1, 0.15) is 11.5 Å². The van der Waals surface area contributed by atoms with Crippen LogP contribution in [0.15, 0.2) is 77.6 Å². The largest absolute Gasteiger partial charge is 0.460 e. The minimum absolute atomic E-state index is 0.210. The van der Waals surface area contributed by atoms with Crippen LogP contribution in [-0.2, 0) is 6.54 Å². The Morgan fingerprint density at radius 3 is 2.56 bits per heavy atom. The molecule has 4 aromatic rings. The first-order valence-electron chi connectivity index (χ1n) is 8.60. The summed E-state index contributed by atoms with van der Waals surface area (Å²) in [6.07, 6.45) is 5.13. The molecule has 1 amide bonds. The van der Waals surface area contributed by atoms with E-state index in [0.717, 1.165) is 17.0 Å². The summed E-state index contributed by atoms with van der Waals surface area (Å²) in [6, 6.07) is 17.1. The molecule has 6 heteroatoms. The molecule has 1 N–H and O–H groups in total. The van der Waals surface area contributed by atoms with Crippen molar-refractivity contribution in [2.45, 2.75) is 13.5 Å². The van der Waals surface area contributed by atoms with E-state index in [1.165, 1.54) is 0 Å². The molecule has 0 aliphatic rings. The molecular formula is C21H18N4O2. The first-order valence-corrected chi connectivity index (χ1v) is 8.60. The molecule has 0 saturated heterocycles. The van der Waals surface area contributed by atoms with Gasteiger partial charge in [0.25, 0.3) is 5.91 Å². The van der Waals surface area contributed by atoms with Crippen LogP contribution in [0.3, 0.4) is 0 Å². The molecule has 0 aliphatic carbocycles. The van der Waals surface area contributed by atoms with Crippen LogP contribution in [0, 0.1) is 6.92 Å². The van der Waals surface area contributed by atoms with Crippen LogP contribution in [0.5, 0.6) is 0 Å². The van der Waals surface area contributed by atoms with Gasteiger partial charge >= 0.3 is 0 Å². The van der Waals surface area contributed by atoms with Crippen molar-refractivity contribution in [1.82, 2.24) is 20.1 Å². The Balaban J connectivity index is 1.67. The third kappa shape index (κ3) is 3.64. The summed E-state index contributed by atoms with van der Waals surface area (Å²) in [4.78, 5) is 16.8. The summed E-state index contributed by atoms with van der Waals surface area (Å²) in [5.41, 5.74) is 2.82. The van der Waals surface area contributed by atoms with Gasteiger partial charge in [-0.25, -0.2) is 4.68 Å². The fourth-order valence-electron chi connectivity index (χ4n) is 2.78. The van der Waals surface area contributed by atoms with Gasteiger partial charge in [-0.2, -0.15) is 5.10 Å². The molecular weight excluding hydrogens is 340 g/mol. The maximum Gasteiger partial charge on any atom is 0.255 e. The number of benzene rings is 1. The van der Waals surface area contributed by atoms with Crippen molar-refractivity contribution >= 4 is 5.91 Å². The zero-order chi connectivity index (χ0) is 18.6. The highest BCUT2D eigenvalue weighted by molar-refractivity contribution is 5.99. The molecule has 6 nitrogen and oxygen atoms in total. The van der Waals surface area contributed by atoms with Crippen LogP contribution in [-0.4, -0.2) is 20.7 Å². The number of aryl methyl sites for hydroxylation is 1. The van der Waals surface area contributed by atoms with E-state index in [2.05, 4.69) is 15.4 Å². The molecule has 0 radical (unpaired) electrons. The van der Waals surface area contributed by atoms with E-state index in [1.807, 2.05) is 61.5 Å². The standard InChI is InChI=1S/C21H18N4O2/c1-15-7-8-19(27-15)20-18(14-25(24-20)17-5-3-2-4-6-17)21(26)23-13-16-9-11-22-12-10-16/h2-12,14H,13H2,1H3,(H,23,26). The van der Waals surface area contributed by atoms with Crippen LogP contribution >= 0.6 is 0 Å². The van der Waals surface area contributed by atoms with Crippen molar-refractivity contribution in [1.29, 1.82) is 0 Å². The first-order chi connectivity index (χ1) is 13.2. The van der Waals surface area contributed by atoms with Crippen LogP contribution < -0.4 is 5.32 Å². The summed E-state index contributed by atoms with van der Waals surface area (Å²) in [7, 11) is 0. The van der Waals surface area contributed by atoms with Gasteiger partial charge in [-0.15, -0.1) is 0 Å². The molecule has 3 heterocycles. The number of para-hydroxylation sites is 1. The van der Waals surface area contributed by atoms with Crippen molar-refractivity contribution in [3.8, 4) is 17.1 Å². The van der Waals surface area contributed by atoms with Gasteiger partial charge in [-0.05, 0) is 48.9 Å². The van der Waals surface area contributed by atoms with Crippen molar-refractivity contribution in [2.24, 2.45) is 0 Å². The van der Waals surface area contributed by atoms with Crippen LogP contribution in [0.2, 0.25) is 0 Å². The molecule has 4 rings (SSSR count). The first kappa shape index (κ1) is 16.8. The summed E-state index contributed by atoms with van der Waals surface area (Å²) >= 11 is 0. The van der Waals surface area contributed by atoms with E-state index in [0.29, 0.717) is 23.6 Å². The molecule has 0 saturated carbocycles. The van der Waals surface area contributed by atoms with Gasteiger partial charge in [0, 0.05) is 25.1 Å². The molecule has 27 heavy (non-hydrogen) atoms. The number of hydrogen-bond donors (Lipinski definition) is 1.